The van der Waals surface area contributed by atoms with Gasteiger partial charge in [0.25, 0.3) is 5.56 Å². The van der Waals surface area contributed by atoms with Crippen molar-refractivity contribution >= 4 is 38.6 Å². The lowest BCUT2D eigenvalue weighted by Crippen LogP contribution is -2.41. The average Bonchev–Trinajstić information content (AvgIpc) is 2.84. The van der Waals surface area contributed by atoms with Crippen molar-refractivity contribution in [1.29, 1.82) is 0 Å². The number of rotatable bonds is 7. The number of carbonyl (C=O) groups is 1. The molecule has 1 heterocycles. The first-order valence-corrected chi connectivity index (χ1v) is 12.6. The van der Waals surface area contributed by atoms with Crippen LogP contribution >= 0.6 is 15.9 Å². The maximum atomic E-state index is 13.8. The van der Waals surface area contributed by atoms with Crippen LogP contribution in [0, 0.1) is 6.92 Å². The summed E-state index contributed by atoms with van der Waals surface area (Å²) in [5.41, 5.74) is 2.96. The molecule has 4 aromatic rings. The maximum Gasteiger partial charge on any atom is 0.322 e. The number of aromatic nitrogens is 2. The normalized spacial score (nSPS) is 11.9. The van der Waals surface area contributed by atoms with Gasteiger partial charge in [-0.1, -0.05) is 60.1 Å². The fourth-order valence-electron chi connectivity index (χ4n) is 4.33. The molecule has 0 radical (unpaired) electrons. The van der Waals surface area contributed by atoms with E-state index >= 15 is 0 Å². The zero-order valence-corrected chi connectivity index (χ0v) is 21.7. The van der Waals surface area contributed by atoms with E-state index in [4.69, 9.17) is 4.98 Å². The molecule has 1 atom stereocenters. The molecule has 0 saturated carbocycles. The van der Waals surface area contributed by atoms with Crippen molar-refractivity contribution in [2.24, 2.45) is 0 Å². The highest BCUT2D eigenvalue weighted by molar-refractivity contribution is 9.10. The lowest BCUT2D eigenvalue weighted by molar-refractivity contribution is 0.181. The van der Waals surface area contributed by atoms with Crippen molar-refractivity contribution < 1.29 is 4.79 Å². The van der Waals surface area contributed by atoms with Crippen molar-refractivity contribution in [3.63, 3.8) is 0 Å². The van der Waals surface area contributed by atoms with Crippen LogP contribution in [0.25, 0.3) is 16.6 Å². The number of anilines is 1. The monoisotopic (exact) mass is 532 g/mol. The highest BCUT2D eigenvalue weighted by atomic mass is 79.9. The highest BCUT2D eigenvalue weighted by Crippen LogP contribution is 2.27. The molecule has 1 N–H and O–H groups in total. The van der Waals surface area contributed by atoms with Gasteiger partial charge in [0.1, 0.15) is 5.82 Å². The van der Waals surface area contributed by atoms with Crippen LogP contribution in [-0.4, -0.2) is 27.0 Å². The van der Waals surface area contributed by atoms with Crippen LogP contribution < -0.4 is 10.9 Å². The van der Waals surface area contributed by atoms with E-state index < -0.39 is 6.04 Å². The average molecular weight is 533 g/mol. The Morgan fingerprint density at radius 3 is 2.54 bits per heavy atom. The summed E-state index contributed by atoms with van der Waals surface area (Å²) in [4.78, 5) is 34.0. The number of benzene rings is 3. The topological polar surface area (TPSA) is 67.2 Å². The first-order chi connectivity index (χ1) is 16.9. The summed E-state index contributed by atoms with van der Waals surface area (Å²) >= 11 is 3.46. The molecule has 7 heteroatoms. The molecule has 2 amide bonds. The SMILES string of the molecule is CCCN(C(=O)Nc1cccc(Br)c1)C(CC)c1nc2ccccc2c(=O)n1-c1cccc(C)c1. The Bertz CT molecular complexity index is 1420. The fraction of sp³-hybridized carbons (Fsp3) is 0.250. The Labute approximate surface area is 213 Å². The van der Waals surface area contributed by atoms with E-state index in [1.54, 1.807) is 15.5 Å². The van der Waals surface area contributed by atoms with Crippen molar-refractivity contribution in [2.45, 2.75) is 39.7 Å². The van der Waals surface area contributed by atoms with Crippen molar-refractivity contribution in [3.05, 3.63) is 99.0 Å². The van der Waals surface area contributed by atoms with E-state index in [9.17, 15) is 9.59 Å². The first kappa shape index (κ1) is 24.7. The molecule has 35 heavy (non-hydrogen) atoms. The van der Waals surface area contributed by atoms with Crippen LogP contribution in [0.2, 0.25) is 0 Å². The number of nitrogens with zero attached hydrogens (tertiary/aromatic N) is 3. The van der Waals surface area contributed by atoms with Crippen LogP contribution in [0.15, 0.2) is 82.1 Å². The second-order valence-electron chi connectivity index (χ2n) is 8.52. The van der Waals surface area contributed by atoms with E-state index in [2.05, 4.69) is 21.2 Å². The van der Waals surface area contributed by atoms with Gasteiger partial charge in [-0.05, 0) is 67.8 Å². The first-order valence-electron chi connectivity index (χ1n) is 11.8. The minimum atomic E-state index is -0.403. The molecule has 3 aromatic carbocycles. The predicted molar refractivity (Wildman–Crippen MR) is 145 cm³/mol. The molecule has 0 bridgehead atoms. The third kappa shape index (κ3) is 5.30. The zero-order valence-electron chi connectivity index (χ0n) is 20.2. The molecule has 6 nitrogen and oxygen atoms in total. The van der Waals surface area contributed by atoms with E-state index in [-0.39, 0.29) is 11.6 Å². The van der Waals surface area contributed by atoms with Gasteiger partial charge in [-0.2, -0.15) is 0 Å². The van der Waals surface area contributed by atoms with Crippen molar-refractivity contribution in [3.8, 4) is 5.69 Å². The molecule has 0 aliphatic rings. The summed E-state index contributed by atoms with van der Waals surface area (Å²) < 4.78 is 2.55. The predicted octanol–water partition coefficient (Wildman–Crippen LogP) is 6.85. The summed E-state index contributed by atoms with van der Waals surface area (Å²) in [5, 5.41) is 3.56. The molecule has 180 valence electrons. The molecular weight excluding hydrogens is 504 g/mol. The third-order valence-corrected chi connectivity index (χ3v) is 6.42. The smallest absolute Gasteiger partial charge is 0.314 e. The van der Waals surface area contributed by atoms with E-state index in [1.807, 2.05) is 87.5 Å². The number of nitrogens with one attached hydrogen (secondary N) is 1. The van der Waals surface area contributed by atoms with Gasteiger partial charge in [0, 0.05) is 16.7 Å². The zero-order chi connectivity index (χ0) is 24.9. The summed E-state index contributed by atoms with van der Waals surface area (Å²) in [5.74, 6) is 0.555. The van der Waals surface area contributed by atoms with Crippen LogP contribution in [-0.2, 0) is 0 Å². The Balaban J connectivity index is 1.87. The third-order valence-electron chi connectivity index (χ3n) is 5.92. The number of amides is 2. The molecular formula is C28H29BrN4O2. The van der Waals surface area contributed by atoms with Gasteiger partial charge in [-0.15, -0.1) is 0 Å². The quantitative estimate of drug-likeness (QED) is 0.283. The summed E-state index contributed by atoms with van der Waals surface area (Å²) in [6.45, 7) is 6.57. The van der Waals surface area contributed by atoms with Gasteiger partial charge in [-0.25, -0.2) is 9.78 Å². The van der Waals surface area contributed by atoms with Gasteiger partial charge >= 0.3 is 6.03 Å². The Morgan fingerprint density at radius 2 is 1.83 bits per heavy atom. The molecule has 4 rings (SSSR count). The van der Waals surface area contributed by atoms with Crippen molar-refractivity contribution in [1.82, 2.24) is 14.5 Å². The second-order valence-corrected chi connectivity index (χ2v) is 9.44. The largest absolute Gasteiger partial charge is 0.322 e. The number of fused-ring (bicyclic) bond motifs is 1. The fourth-order valence-corrected chi connectivity index (χ4v) is 4.73. The van der Waals surface area contributed by atoms with Gasteiger partial charge in [-0.3, -0.25) is 9.36 Å². The van der Waals surface area contributed by atoms with Crippen molar-refractivity contribution in [2.75, 3.05) is 11.9 Å². The Hall–Kier alpha value is -3.45. The Kier molecular flexibility index (Phi) is 7.66. The summed E-state index contributed by atoms with van der Waals surface area (Å²) in [6, 6.07) is 22.0. The van der Waals surface area contributed by atoms with E-state index in [0.717, 1.165) is 22.1 Å². The molecule has 1 unspecified atom stereocenters. The summed E-state index contributed by atoms with van der Waals surface area (Å²) in [7, 11) is 0. The standard InChI is InChI=1S/C28H29BrN4O2/c1-4-16-32(28(35)30-21-12-9-11-20(29)18-21)25(5-2)26-31-24-15-7-6-14-23(24)27(34)33(26)22-13-8-10-19(3)17-22/h6-15,17-18,25H,4-5,16H2,1-3H3,(H,30,35). The summed E-state index contributed by atoms with van der Waals surface area (Å²) in [6.07, 6.45) is 1.37. The molecule has 0 spiro atoms. The lowest BCUT2D eigenvalue weighted by atomic mass is 10.1. The van der Waals surface area contributed by atoms with Gasteiger partial charge < -0.3 is 10.2 Å². The van der Waals surface area contributed by atoms with Crippen LogP contribution in [0.5, 0.6) is 0 Å². The number of halogens is 1. The molecule has 0 aliphatic carbocycles. The lowest BCUT2D eigenvalue weighted by Gasteiger charge is -2.32. The molecule has 0 aliphatic heterocycles. The minimum absolute atomic E-state index is 0.140. The van der Waals surface area contributed by atoms with Gasteiger partial charge in [0.05, 0.1) is 22.6 Å². The molecule has 0 fully saturated rings. The van der Waals surface area contributed by atoms with Gasteiger partial charge in [0.15, 0.2) is 0 Å². The van der Waals surface area contributed by atoms with Crippen LogP contribution in [0.3, 0.4) is 0 Å². The number of hydrogen-bond donors (Lipinski definition) is 1. The molecule has 1 aromatic heterocycles. The van der Waals surface area contributed by atoms with E-state index in [1.165, 1.54) is 0 Å². The van der Waals surface area contributed by atoms with Gasteiger partial charge in [0.2, 0.25) is 0 Å². The Morgan fingerprint density at radius 1 is 1.06 bits per heavy atom. The highest BCUT2D eigenvalue weighted by Gasteiger charge is 2.29. The number of urea groups is 1. The number of hydrogen-bond acceptors (Lipinski definition) is 3. The maximum absolute atomic E-state index is 13.8. The van der Waals surface area contributed by atoms with Crippen LogP contribution in [0.4, 0.5) is 10.5 Å². The van der Waals surface area contributed by atoms with Crippen LogP contribution in [0.1, 0.15) is 44.1 Å². The molecule has 0 saturated heterocycles. The number of carbonyl (C=O) groups excluding carboxylic acids is 1. The minimum Gasteiger partial charge on any atom is -0.314 e. The number of aryl methyl sites for hydroxylation is 1. The number of para-hydroxylation sites is 1. The second kappa shape index (κ2) is 10.9. The van der Waals surface area contributed by atoms with E-state index in [0.29, 0.717) is 35.4 Å².